The number of hydrogen-bond acceptors (Lipinski definition) is 5. The number of carboxylic acids is 1. The predicted octanol–water partition coefficient (Wildman–Crippen LogP) is -3.74. The van der Waals surface area contributed by atoms with Crippen molar-refractivity contribution >= 4 is 23.6 Å². The molecule has 7 nitrogen and oxygen atoms in total. The zero-order chi connectivity index (χ0) is 14.0. The molecule has 1 aliphatic heterocycles. The molecule has 1 aliphatic rings. The van der Waals surface area contributed by atoms with Gasteiger partial charge in [-0.2, -0.15) is 0 Å². The van der Waals surface area contributed by atoms with E-state index in [0.717, 1.165) is 4.90 Å². The van der Waals surface area contributed by atoms with E-state index in [1.165, 1.54) is 7.11 Å². The predicted molar refractivity (Wildman–Crippen MR) is 62.4 cm³/mol. The Bertz CT molecular complexity index is 531. The van der Waals surface area contributed by atoms with Gasteiger partial charge in [-0.3, -0.25) is 15.0 Å². The van der Waals surface area contributed by atoms with Gasteiger partial charge in [-0.25, -0.2) is 4.79 Å². The Labute approximate surface area is 137 Å². The summed E-state index contributed by atoms with van der Waals surface area (Å²) in [6.07, 6.45) is -0.552. The molecule has 2 rings (SSSR count). The van der Waals surface area contributed by atoms with Gasteiger partial charge in [0.05, 0.1) is 7.11 Å². The number of ether oxygens (including phenoxy) is 1. The van der Waals surface area contributed by atoms with Crippen molar-refractivity contribution in [2.75, 3.05) is 12.0 Å². The van der Waals surface area contributed by atoms with Crippen LogP contribution in [-0.2, 0) is 9.59 Å². The largest absolute Gasteiger partial charge is 1.00 e. The number of nitrogens with one attached hydrogen (secondary N) is 1. The van der Waals surface area contributed by atoms with Gasteiger partial charge in [-0.15, -0.1) is 0 Å². The summed E-state index contributed by atoms with van der Waals surface area (Å²) in [6, 6.07) is 4.62. The number of benzene rings is 1. The topological polar surface area (TPSA) is 98.8 Å². The molecular weight excluding hydrogens is 275 g/mol. The van der Waals surface area contributed by atoms with E-state index in [2.05, 4.69) is 5.32 Å². The summed E-state index contributed by atoms with van der Waals surface area (Å²) in [5.74, 6) is -1.45. The van der Waals surface area contributed by atoms with Crippen LogP contribution in [0.4, 0.5) is 10.5 Å². The summed E-state index contributed by atoms with van der Waals surface area (Å²) >= 11 is 0. The molecule has 0 bridgehead atoms. The van der Waals surface area contributed by atoms with Gasteiger partial charge >= 0.3 is 35.6 Å². The molecule has 1 N–H and O–H groups in total. The molecule has 1 unspecified atom stereocenters. The van der Waals surface area contributed by atoms with E-state index in [0.29, 0.717) is 11.4 Å². The number of aliphatic carboxylic acids is 1. The minimum atomic E-state index is -1.40. The molecule has 100 valence electrons. The first-order valence-electron chi connectivity index (χ1n) is 5.51. The van der Waals surface area contributed by atoms with Gasteiger partial charge in [0.2, 0.25) is 0 Å². The second-order valence-electron chi connectivity index (χ2n) is 3.95. The zero-order valence-corrected chi connectivity index (χ0v) is 13.1. The molecule has 1 saturated heterocycles. The van der Waals surface area contributed by atoms with Crippen LogP contribution in [0.5, 0.6) is 5.75 Å². The van der Waals surface area contributed by atoms with Crippen LogP contribution in [0.2, 0.25) is 0 Å². The van der Waals surface area contributed by atoms with Crippen LogP contribution >= 0.6 is 0 Å². The average Bonchev–Trinajstić information content (AvgIpc) is 2.64. The summed E-state index contributed by atoms with van der Waals surface area (Å²) in [5, 5.41) is 12.7. The monoisotopic (exact) mass is 286 g/mol. The molecule has 0 spiro atoms. The first kappa shape index (κ1) is 16.5. The standard InChI is InChI=1S/C12H12N2O5.Na/c1-19-8-4-2-7(3-5-8)14-9(6-10(15)16)11(17)13-12(14)18;/h2-5,9H,6H2,1H3,(H,15,16)(H,13,17,18);/q;+1/p-1. The van der Waals surface area contributed by atoms with Crippen LogP contribution in [0.15, 0.2) is 24.3 Å². The van der Waals surface area contributed by atoms with Crippen molar-refractivity contribution in [2.45, 2.75) is 12.5 Å². The Morgan fingerprint density at radius 2 is 1.95 bits per heavy atom. The normalized spacial score (nSPS) is 17.4. The van der Waals surface area contributed by atoms with Gasteiger partial charge in [0.25, 0.3) is 5.91 Å². The van der Waals surface area contributed by atoms with E-state index >= 15 is 0 Å². The summed E-state index contributed by atoms with van der Waals surface area (Å²) in [6.45, 7) is 0. The number of carboxylic acid groups (broad SMARTS) is 1. The van der Waals surface area contributed by atoms with Crippen molar-refractivity contribution in [3.63, 3.8) is 0 Å². The SMILES string of the molecule is COc1ccc(N2C(=O)NC(=O)C2CC(=O)[O-])cc1.[Na+]. The number of imide groups is 1. The van der Waals surface area contributed by atoms with Crippen molar-refractivity contribution in [2.24, 2.45) is 0 Å². The van der Waals surface area contributed by atoms with Crippen LogP contribution in [-0.4, -0.2) is 31.1 Å². The van der Waals surface area contributed by atoms with Crippen molar-refractivity contribution < 1.29 is 53.8 Å². The van der Waals surface area contributed by atoms with Gasteiger partial charge in [-0.05, 0) is 24.3 Å². The minimum absolute atomic E-state index is 0. The fraction of sp³-hybridized carbons (Fsp3) is 0.250. The second kappa shape index (κ2) is 6.74. The Kier molecular flexibility index (Phi) is 5.55. The van der Waals surface area contributed by atoms with Crippen LogP contribution in [0.25, 0.3) is 0 Å². The first-order chi connectivity index (χ1) is 9.02. The molecule has 8 heteroatoms. The fourth-order valence-electron chi connectivity index (χ4n) is 1.89. The van der Waals surface area contributed by atoms with E-state index < -0.39 is 30.4 Å². The van der Waals surface area contributed by atoms with E-state index in [4.69, 9.17) is 4.74 Å². The summed E-state index contributed by atoms with van der Waals surface area (Å²) in [5.41, 5.74) is 0.412. The molecule has 3 amide bonds. The van der Waals surface area contributed by atoms with Crippen molar-refractivity contribution in [1.82, 2.24) is 5.32 Å². The number of hydrogen-bond donors (Lipinski definition) is 1. The smallest absolute Gasteiger partial charge is 0.550 e. The number of nitrogens with zero attached hydrogens (tertiary/aromatic N) is 1. The summed E-state index contributed by atoms with van der Waals surface area (Å²) in [7, 11) is 1.50. The number of methoxy groups -OCH3 is 1. The van der Waals surface area contributed by atoms with Crippen molar-refractivity contribution in [3.05, 3.63) is 24.3 Å². The maximum Gasteiger partial charge on any atom is 1.00 e. The number of anilines is 1. The molecule has 0 saturated carbocycles. The molecule has 20 heavy (non-hydrogen) atoms. The number of urea groups is 1. The molecule has 1 aromatic carbocycles. The molecule has 0 aliphatic carbocycles. The van der Waals surface area contributed by atoms with Crippen molar-refractivity contribution in [1.29, 1.82) is 0 Å². The molecule has 1 aromatic rings. The van der Waals surface area contributed by atoms with Crippen LogP contribution in [0.1, 0.15) is 6.42 Å². The van der Waals surface area contributed by atoms with Crippen LogP contribution in [0, 0.1) is 0 Å². The van der Waals surface area contributed by atoms with Gasteiger partial charge in [0.15, 0.2) is 0 Å². The molecule has 0 radical (unpaired) electrons. The molecule has 1 fully saturated rings. The van der Waals surface area contributed by atoms with E-state index in [1.807, 2.05) is 0 Å². The van der Waals surface area contributed by atoms with E-state index in [9.17, 15) is 19.5 Å². The fourth-order valence-corrected chi connectivity index (χ4v) is 1.89. The Balaban J connectivity index is 0.00000200. The van der Waals surface area contributed by atoms with Gasteiger partial charge in [0.1, 0.15) is 11.8 Å². The van der Waals surface area contributed by atoms with Crippen molar-refractivity contribution in [3.8, 4) is 5.75 Å². The Morgan fingerprint density at radius 1 is 1.35 bits per heavy atom. The molecular formula is C12H11N2NaO5. The quantitative estimate of drug-likeness (QED) is 0.453. The third-order valence-electron chi connectivity index (χ3n) is 2.77. The van der Waals surface area contributed by atoms with Crippen LogP contribution < -0.4 is 49.6 Å². The Hall–Kier alpha value is -1.57. The third kappa shape index (κ3) is 3.30. The first-order valence-corrected chi connectivity index (χ1v) is 5.51. The molecule has 0 aromatic heterocycles. The van der Waals surface area contributed by atoms with Gasteiger partial charge < -0.3 is 14.6 Å². The van der Waals surface area contributed by atoms with Crippen LogP contribution in [0.3, 0.4) is 0 Å². The number of carbonyl (C=O) groups is 3. The minimum Gasteiger partial charge on any atom is -0.550 e. The van der Waals surface area contributed by atoms with E-state index in [-0.39, 0.29) is 29.6 Å². The van der Waals surface area contributed by atoms with Gasteiger partial charge in [-0.1, -0.05) is 0 Å². The number of rotatable bonds is 4. The van der Waals surface area contributed by atoms with Gasteiger partial charge in [0, 0.05) is 18.1 Å². The zero-order valence-electron chi connectivity index (χ0n) is 11.1. The third-order valence-corrected chi connectivity index (χ3v) is 2.77. The second-order valence-corrected chi connectivity index (χ2v) is 3.95. The summed E-state index contributed by atoms with van der Waals surface area (Å²) < 4.78 is 4.98. The Morgan fingerprint density at radius 3 is 2.45 bits per heavy atom. The maximum absolute atomic E-state index is 11.7. The van der Waals surface area contributed by atoms with E-state index in [1.54, 1.807) is 24.3 Å². The maximum atomic E-state index is 11.7. The summed E-state index contributed by atoms with van der Waals surface area (Å²) in [4.78, 5) is 34.9. The number of carbonyl (C=O) groups excluding carboxylic acids is 3. The number of amides is 3. The molecule has 1 heterocycles. The molecule has 1 atom stereocenters. The average molecular weight is 286 g/mol.